The minimum absolute atomic E-state index is 0.00577. The summed E-state index contributed by atoms with van der Waals surface area (Å²) < 4.78 is 0. The van der Waals surface area contributed by atoms with E-state index in [4.69, 9.17) is 17.9 Å². The molecule has 4 heteroatoms. The van der Waals surface area contributed by atoms with Crippen LogP contribution in [0, 0.1) is 23.2 Å². The average molecular weight is 288 g/mol. The van der Waals surface area contributed by atoms with E-state index in [0.717, 1.165) is 25.7 Å². The molecule has 0 radical (unpaired) electrons. The summed E-state index contributed by atoms with van der Waals surface area (Å²) in [5, 5.41) is 11.4. The van der Waals surface area contributed by atoms with Gasteiger partial charge in [-0.15, -0.1) is 0 Å². The van der Waals surface area contributed by atoms with E-state index >= 15 is 0 Å². The summed E-state index contributed by atoms with van der Waals surface area (Å²) in [6.07, 6.45) is 4.15. The van der Waals surface area contributed by atoms with Gasteiger partial charge in [0.15, 0.2) is 0 Å². The van der Waals surface area contributed by atoms with Crippen LogP contribution in [0.4, 0.5) is 0 Å². The molecule has 0 aromatic heterocycles. The number of rotatable bonds is 4. The van der Waals surface area contributed by atoms with Crippen molar-refractivity contribution < 1.29 is 4.79 Å². The molecule has 1 aliphatic carbocycles. The summed E-state index contributed by atoms with van der Waals surface area (Å²) in [6, 6.07) is 12.1. The number of amides is 1. The van der Waals surface area contributed by atoms with Gasteiger partial charge < -0.3 is 5.32 Å². The normalized spacial score (nSPS) is 23.6. The summed E-state index contributed by atoms with van der Waals surface area (Å²) in [6.45, 7) is 0.0879. The number of benzene rings is 1. The zero-order valence-corrected chi connectivity index (χ0v) is 12.4. The van der Waals surface area contributed by atoms with E-state index in [1.54, 1.807) is 0 Å². The second-order valence-electron chi connectivity index (χ2n) is 5.29. The summed E-state index contributed by atoms with van der Waals surface area (Å²) >= 11 is 4.76. The van der Waals surface area contributed by atoms with Crippen LogP contribution in [0.15, 0.2) is 30.3 Å². The van der Waals surface area contributed by atoms with Crippen LogP contribution >= 0.6 is 12.6 Å². The van der Waals surface area contributed by atoms with Gasteiger partial charge >= 0.3 is 0 Å². The first-order chi connectivity index (χ1) is 9.74. The van der Waals surface area contributed by atoms with E-state index in [9.17, 15) is 4.79 Å². The molecule has 106 valence electrons. The Morgan fingerprint density at radius 2 is 2.05 bits per heavy atom. The number of hydrogen-bond donors (Lipinski definition) is 2. The molecule has 1 fully saturated rings. The highest BCUT2D eigenvalue weighted by Gasteiger charge is 2.35. The molecule has 0 spiro atoms. The van der Waals surface area contributed by atoms with Crippen molar-refractivity contribution in [2.75, 3.05) is 6.54 Å². The van der Waals surface area contributed by atoms with Crippen LogP contribution in [0.2, 0.25) is 0 Å². The van der Waals surface area contributed by atoms with Crippen LogP contribution in [0.5, 0.6) is 0 Å². The van der Waals surface area contributed by atoms with Crippen molar-refractivity contribution in [1.29, 1.82) is 5.26 Å². The Labute approximate surface area is 125 Å². The van der Waals surface area contributed by atoms with Crippen molar-refractivity contribution >= 4 is 18.5 Å². The smallest absolute Gasteiger partial charge is 0.224 e. The van der Waals surface area contributed by atoms with Crippen molar-refractivity contribution in [2.45, 2.75) is 30.9 Å². The van der Waals surface area contributed by atoms with Gasteiger partial charge in [-0.3, -0.25) is 4.79 Å². The lowest BCUT2D eigenvalue weighted by Crippen LogP contribution is -2.38. The quantitative estimate of drug-likeness (QED) is 0.661. The van der Waals surface area contributed by atoms with Gasteiger partial charge in [0, 0.05) is 11.2 Å². The van der Waals surface area contributed by atoms with Gasteiger partial charge in [0.25, 0.3) is 0 Å². The van der Waals surface area contributed by atoms with Crippen molar-refractivity contribution in [1.82, 2.24) is 5.32 Å². The zero-order valence-electron chi connectivity index (χ0n) is 11.5. The third-order valence-corrected chi connectivity index (χ3v) is 4.73. The predicted molar refractivity (Wildman–Crippen MR) is 82.2 cm³/mol. The second kappa shape index (κ2) is 7.35. The molecule has 0 aliphatic heterocycles. The minimum Gasteiger partial charge on any atom is -0.343 e. The summed E-state index contributed by atoms with van der Waals surface area (Å²) in [4.78, 5) is 12.2. The maximum atomic E-state index is 12.2. The number of hydrogen-bond acceptors (Lipinski definition) is 3. The first kappa shape index (κ1) is 14.9. The van der Waals surface area contributed by atoms with Crippen LogP contribution in [0.3, 0.4) is 0 Å². The van der Waals surface area contributed by atoms with Crippen LogP contribution in [0.25, 0.3) is 0 Å². The molecule has 3 atom stereocenters. The maximum Gasteiger partial charge on any atom is 0.224 e. The molecule has 1 saturated carbocycles. The molecular formula is C16H20N2OS. The van der Waals surface area contributed by atoms with Gasteiger partial charge in [0.2, 0.25) is 5.91 Å². The molecule has 1 amide bonds. The standard InChI is InChI=1S/C16H20N2OS/c17-10-11-18-16(19)14-9-5-4-8-13(14)15(20)12-6-2-1-3-7-12/h1-3,6-7,13-15,20H,4-5,8-9,11H2,(H,18,19). The van der Waals surface area contributed by atoms with Crippen LogP contribution < -0.4 is 5.32 Å². The number of carbonyl (C=O) groups excluding carboxylic acids is 1. The first-order valence-electron chi connectivity index (χ1n) is 7.11. The zero-order chi connectivity index (χ0) is 14.4. The highest BCUT2D eigenvalue weighted by atomic mass is 32.1. The summed E-state index contributed by atoms with van der Waals surface area (Å²) in [7, 11) is 0. The second-order valence-corrected chi connectivity index (χ2v) is 5.84. The van der Waals surface area contributed by atoms with Crippen molar-refractivity contribution in [3.63, 3.8) is 0 Å². The van der Waals surface area contributed by atoms with Gasteiger partial charge in [0.1, 0.15) is 6.54 Å². The molecule has 3 nitrogen and oxygen atoms in total. The Kier molecular flexibility index (Phi) is 5.49. The monoisotopic (exact) mass is 288 g/mol. The number of nitrogens with one attached hydrogen (secondary N) is 1. The highest BCUT2D eigenvalue weighted by Crippen LogP contribution is 2.42. The summed E-state index contributed by atoms with van der Waals surface area (Å²) in [5.41, 5.74) is 1.17. The molecule has 2 rings (SSSR count). The Hall–Kier alpha value is -1.47. The lowest BCUT2D eigenvalue weighted by atomic mass is 9.75. The summed E-state index contributed by atoms with van der Waals surface area (Å²) in [5.74, 6) is 0.221. The third-order valence-electron chi connectivity index (χ3n) is 4.04. The molecule has 1 N–H and O–H groups in total. The van der Waals surface area contributed by atoms with Crippen LogP contribution in [0.1, 0.15) is 36.5 Å². The molecular weight excluding hydrogens is 268 g/mol. The van der Waals surface area contributed by atoms with E-state index in [1.165, 1.54) is 5.56 Å². The highest BCUT2D eigenvalue weighted by molar-refractivity contribution is 7.80. The predicted octanol–water partition coefficient (Wildman–Crippen LogP) is 3.10. The fourth-order valence-corrected chi connectivity index (χ4v) is 3.55. The lowest BCUT2D eigenvalue weighted by Gasteiger charge is -2.34. The molecule has 20 heavy (non-hydrogen) atoms. The topological polar surface area (TPSA) is 52.9 Å². The van der Waals surface area contributed by atoms with Crippen LogP contribution in [-0.4, -0.2) is 12.5 Å². The largest absolute Gasteiger partial charge is 0.343 e. The number of carbonyl (C=O) groups is 1. The molecule has 0 saturated heterocycles. The molecule has 1 aliphatic rings. The Bertz CT molecular complexity index is 483. The van der Waals surface area contributed by atoms with Gasteiger partial charge in [0.05, 0.1) is 6.07 Å². The minimum atomic E-state index is -0.0280. The van der Waals surface area contributed by atoms with E-state index in [1.807, 2.05) is 24.3 Å². The maximum absolute atomic E-state index is 12.2. The van der Waals surface area contributed by atoms with Gasteiger partial charge in [-0.1, -0.05) is 43.2 Å². The van der Waals surface area contributed by atoms with E-state index in [-0.39, 0.29) is 29.5 Å². The van der Waals surface area contributed by atoms with E-state index in [2.05, 4.69) is 17.4 Å². The fraction of sp³-hybridized carbons (Fsp3) is 0.500. The number of thiol groups is 1. The molecule has 1 aromatic carbocycles. The van der Waals surface area contributed by atoms with E-state index < -0.39 is 0 Å². The van der Waals surface area contributed by atoms with Crippen molar-refractivity contribution in [3.05, 3.63) is 35.9 Å². The SMILES string of the molecule is N#CCNC(=O)C1CCCCC1C(S)c1ccccc1. The Morgan fingerprint density at radius 3 is 2.75 bits per heavy atom. The van der Waals surface area contributed by atoms with Crippen molar-refractivity contribution in [3.8, 4) is 6.07 Å². The Balaban J connectivity index is 2.10. The van der Waals surface area contributed by atoms with E-state index in [0.29, 0.717) is 0 Å². The van der Waals surface area contributed by atoms with Gasteiger partial charge in [-0.25, -0.2) is 0 Å². The molecule has 0 bridgehead atoms. The average Bonchev–Trinajstić information content (AvgIpc) is 2.52. The van der Waals surface area contributed by atoms with Crippen molar-refractivity contribution in [2.24, 2.45) is 11.8 Å². The number of nitrogens with zero attached hydrogens (tertiary/aromatic N) is 1. The molecule has 3 unspecified atom stereocenters. The Morgan fingerprint density at radius 1 is 1.35 bits per heavy atom. The fourth-order valence-electron chi connectivity index (χ4n) is 3.02. The molecule has 0 heterocycles. The van der Waals surface area contributed by atoms with Gasteiger partial charge in [-0.05, 0) is 24.3 Å². The number of nitriles is 1. The third kappa shape index (κ3) is 3.55. The van der Waals surface area contributed by atoms with Crippen LogP contribution in [-0.2, 0) is 4.79 Å². The van der Waals surface area contributed by atoms with Gasteiger partial charge in [-0.2, -0.15) is 17.9 Å². The molecule has 1 aromatic rings. The lowest BCUT2D eigenvalue weighted by molar-refractivity contribution is -0.127. The first-order valence-corrected chi connectivity index (χ1v) is 7.63.